The molecule has 3 rings (SSSR count). The molecule has 1 saturated carbocycles. The molecule has 3 heteroatoms. The van der Waals surface area contributed by atoms with E-state index in [2.05, 4.69) is 29.6 Å². The van der Waals surface area contributed by atoms with Crippen molar-refractivity contribution >= 4 is 11.7 Å². The van der Waals surface area contributed by atoms with Gasteiger partial charge in [-0.1, -0.05) is 43.5 Å². The molecule has 0 atom stereocenters. The SMILES string of the molecule is COC(=O)c1ccc(NCc2ccc(C3CCCCC3)cc2)cc1. The molecule has 0 aromatic heterocycles. The van der Waals surface area contributed by atoms with Gasteiger partial charge in [0.1, 0.15) is 0 Å². The molecule has 2 aromatic rings. The zero-order valence-electron chi connectivity index (χ0n) is 14.3. The molecule has 1 aliphatic rings. The molecule has 0 saturated heterocycles. The van der Waals surface area contributed by atoms with Gasteiger partial charge in [-0.15, -0.1) is 0 Å². The Bertz CT molecular complexity index is 655. The highest BCUT2D eigenvalue weighted by molar-refractivity contribution is 5.89. The number of esters is 1. The van der Waals surface area contributed by atoms with Crippen LogP contribution in [0.5, 0.6) is 0 Å². The standard InChI is InChI=1S/C21H25NO2/c1-24-21(23)19-11-13-20(14-12-19)22-15-16-7-9-18(10-8-16)17-5-3-2-4-6-17/h7-14,17,22H,2-6,15H2,1H3. The van der Waals surface area contributed by atoms with Crippen molar-refractivity contribution in [1.29, 1.82) is 0 Å². The molecule has 1 fully saturated rings. The van der Waals surface area contributed by atoms with Gasteiger partial charge in [0.15, 0.2) is 0 Å². The second-order valence-electron chi connectivity index (χ2n) is 6.50. The molecule has 0 bridgehead atoms. The van der Waals surface area contributed by atoms with Gasteiger partial charge in [-0.05, 0) is 54.2 Å². The molecular weight excluding hydrogens is 298 g/mol. The van der Waals surface area contributed by atoms with Crippen LogP contribution >= 0.6 is 0 Å². The van der Waals surface area contributed by atoms with Crippen molar-refractivity contribution in [1.82, 2.24) is 0 Å². The zero-order chi connectivity index (χ0) is 16.8. The smallest absolute Gasteiger partial charge is 0.337 e. The number of benzene rings is 2. The van der Waals surface area contributed by atoms with Crippen molar-refractivity contribution in [2.45, 2.75) is 44.6 Å². The van der Waals surface area contributed by atoms with E-state index < -0.39 is 0 Å². The molecule has 3 nitrogen and oxygen atoms in total. The summed E-state index contributed by atoms with van der Waals surface area (Å²) in [5.74, 6) is 0.450. The maximum absolute atomic E-state index is 11.4. The van der Waals surface area contributed by atoms with Gasteiger partial charge in [0.2, 0.25) is 0 Å². The minimum Gasteiger partial charge on any atom is -0.465 e. The lowest BCUT2D eigenvalue weighted by molar-refractivity contribution is 0.0601. The first-order valence-corrected chi connectivity index (χ1v) is 8.77. The molecule has 24 heavy (non-hydrogen) atoms. The normalized spacial score (nSPS) is 15.0. The molecular formula is C21H25NO2. The van der Waals surface area contributed by atoms with Gasteiger partial charge in [-0.3, -0.25) is 0 Å². The third kappa shape index (κ3) is 4.16. The largest absolute Gasteiger partial charge is 0.465 e. The Morgan fingerprint density at radius 1 is 1.00 bits per heavy atom. The summed E-state index contributed by atoms with van der Waals surface area (Å²) in [5, 5.41) is 3.39. The van der Waals surface area contributed by atoms with E-state index in [1.807, 2.05) is 12.1 Å². The van der Waals surface area contributed by atoms with Crippen molar-refractivity contribution in [2.75, 3.05) is 12.4 Å². The van der Waals surface area contributed by atoms with E-state index in [9.17, 15) is 4.79 Å². The Morgan fingerprint density at radius 2 is 1.67 bits per heavy atom. The predicted octanol–water partition coefficient (Wildman–Crippen LogP) is 5.13. The fraction of sp³-hybridized carbons (Fsp3) is 0.381. The van der Waals surface area contributed by atoms with Crippen LogP contribution in [0.15, 0.2) is 48.5 Å². The molecule has 2 aromatic carbocycles. The van der Waals surface area contributed by atoms with Gasteiger partial charge in [0.05, 0.1) is 12.7 Å². The number of rotatable bonds is 5. The molecule has 0 spiro atoms. The van der Waals surface area contributed by atoms with Crippen molar-refractivity contribution < 1.29 is 9.53 Å². The maximum atomic E-state index is 11.4. The highest BCUT2D eigenvalue weighted by Crippen LogP contribution is 2.32. The van der Waals surface area contributed by atoms with Crippen LogP contribution in [-0.2, 0) is 11.3 Å². The highest BCUT2D eigenvalue weighted by atomic mass is 16.5. The lowest BCUT2D eigenvalue weighted by Crippen LogP contribution is -2.05. The van der Waals surface area contributed by atoms with Crippen LogP contribution in [0, 0.1) is 0 Å². The van der Waals surface area contributed by atoms with Crippen LogP contribution in [0.1, 0.15) is 59.5 Å². The molecule has 126 valence electrons. The molecule has 1 N–H and O–H groups in total. The monoisotopic (exact) mass is 323 g/mol. The first-order chi connectivity index (χ1) is 11.8. The van der Waals surface area contributed by atoms with E-state index in [0.29, 0.717) is 5.56 Å². The first-order valence-electron chi connectivity index (χ1n) is 8.77. The summed E-state index contributed by atoms with van der Waals surface area (Å²) in [6.45, 7) is 0.780. The number of hydrogen-bond donors (Lipinski definition) is 1. The maximum Gasteiger partial charge on any atom is 0.337 e. The summed E-state index contributed by atoms with van der Waals surface area (Å²) in [4.78, 5) is 11.4. The highest BCUT2D eigenvalue weighted by Gasteiger charge is 2.14. The van der Waals surface area contributed by atoms with Crippen LogP contribution in [0.4, 0.5) is 5.69 Å². The molecule has 0 radical (unpaired) electrons. The van der Waals surface area contributed by atoms with E-state index >= 15 is 0 Å². The van der Waals surface area contributed by atoms with E-state index in [1.54, 1.807) is 12.1 Å². The number of hydrogen-bond acceptors (Lipinski definition) is 3. The van der Waals surface area contributed by atoms with Crippen molar-refractivity contribution in [2.24, 2.45) is 0 Å². The van der Waals surface area contributed by atoms with Crippen LogP contribution in [0.2, 0.25) is 0 Å². The molecule has 1 aliphatic carbocycles. The summed E-state index contributed by atoms with van der Waals surface area (Å²) < 4.78 is 4.71. The minimum atomic E-state index is -0.306. The fourth-order valence-corrected chi connectivity index (χ4v) is 3.39. The van der Waals surface area contributed by atoms with Crippen LogP contribution in [0.3, 0.4) is 0 Å². The van der Waals surface area contributed by atoms with Crippen molar-refractivity contribution in [3.63, 3.8) is 0 Å². The lowest BCUT2D eigenvalue weighted by atomic mass is 9.84. The zero-order valence-corrected chi connectivity index (χ0v) is 14.3. The number of methoxy groups -OCH3 is 1. The van der Waals surface area contributed by atoms with Gasteiger partial charge in [-0.25, -0.2) is 4.79 Å². The number of carbonyl (C=O) groups excluding carboxylic acids is 1. The van der Waals surface area contributed by atoms with Crippen molar-refractivity contribution in [3.8, 4) is 0 Å². The van der Waals surface area contributed by atoms with Gasteiger partial charge < -0.3 is 10.1 Å². The van der Waals surface area contributed by atoms with Gasteiger partial charge in [0.25, 0.3) is 0 Å². The summed E-state index contributed by atoms with van der Waals surface area (Å²) in [5.41, 5.74) is 4.33. The Balaban J connectivity index is 1.55. The predicted molar refractivity (Wildman–Crippen MR) is 97.4 cm³/mol. The lowest BCUT2D eigenvalue weighted by Gasteiger charge is -2.22. The minimum absolute atomic E-state index is 0.306. The Hall–Kier alpha value is -2.29. The summed E-state index contributed by atoms with van der Waals surface area (Å²) >= 11 is 0. The Morgan fingerprint density at radius 3 is 2.29 bits per heavy atom. The van der Waals surface area contributed by atoms with Crippen LogP contribution < -0.4 is 5.32 Å². The topological polar surface area (TPSA) is 38.3 Å². The van der Waals surface area contributed by atoms with E-state index in [4.69, 9.17) is 4.74 Å². The molecule has 0 amide bonds. The Kier molecular flexibility index (Phi) is 5.52. The van der Waals surface area contributed by atoms with Crippen molar-refractivity contribution in [3.05, 3.63) is 65.2 Å². The second-order valence-corrected chi connectivity index (χ2v) is 6.50. The summed E-state index contributed by atoms with van der Waals surface area (Å²) in [6, 6.07) is 16.4. The van der Waals surface area contributed by atoms with Gasteiger partial charge in [-0.2, -0.15) is 0 Å². The van der Waals surface area contributed by atoms with Crippen LogP contribution in [0.25, 0.3) is 0 Å². The first kappa shape index (κ1) is 16.6. The summed E-state index contributed by atoms with van der Waals surface area (Å²) in [6.07, 6.45) is 6.81. The second kappa shape index (κ2) is 8.00. The summed E-state index contributed by atoms with van der Waals surface area (Å²) in [7, 11) is 1.39. The van der Waals surface area contributed by atoms with E-state index in [0.717, 1.165) is 18.2 Å². The molecule has 0 aliphatic heterocycles. The van der Waals surface area contributed by atoms with E-state index in [-0.39, 0.29) is 5.97 Å². The van der Waals surface area contributed by atoms with E-state index in [1.165, 1.54) is 50.3 Å². The third-order valence-electron chi connectivity index (χ3n) is 4.86. The number of nitrogens with one attached hydrogen (secondary N) is 1. The van der Waals surface area contributed by atoms with Gasteiger partial charge in [0, 0.05) is 12.2 Å². The molecule has 0 heterocycles. The molecule has 0 unspecified atom stereocenters. The number of anilines is 1. The number of carbonyl (C=O) groups is 1. The quantitative estimate of drug-likeness (QED) is 0.775. The third-order valence-corrected chi connectivity index (χ3v) is 4.86. The average molecular weight is 323 g/mol. The number of ether oxygens (including phenoxy) is 1. The average Bonchev–Trinajstić information content (AvgIpc) is 2.67. The fourth-order valence-electron chi connectivity index (χ4n) is 3.39. The van der Waals surface area contributed by atoms with Gasteiger partial charge >= 0.3 is 5.97 Å². The Labute approximate surface area is 144 Å². The van der Waals surface area contributed by atoms with Crippen LogP contribution in [-0.4, -0.2) is 13.1 Å².